The first-order valence-electron chi connectivity index (χ1n) is 14.5. The maximum absolute atomic E-state index is 15.6. The van der Waals surface area contributed by atoms with Gasteiger partial charge in [0.05, 0.1) is 17.8 Å². The van der Waals surface area contributed by atoms with Crippen molar-refractivity contribution in [2.45, 2.75) is 86.0 Å². The zero-order valence-electron chi connectivity index (χ0n) is 25.5. The molecule has 1 unspecified atom stereocenters. The summed E-state index contributed by atoms with van der Waals surface area (Å²) in [5.74, 6) is -1.39. The first kappa shape index (κ1) is 29.7. The number of rotatable bonds is 5. The lowest BCUT2D eigenvalue weighted by Crippen LogP contribution is -2.37. The molecule has 0 saturated carbocycles. The average Bonchev–Trinajstić information content (AvgIpc) is 2.95. The van der Waals surface area contributed by atoms with Gasteiger partial charge in [0.15, 0.2) is 17.7 Å². The number of hydrogen-bond acceptors (Lipinski definition) is 5. The molecule has 0 bridgehead atoms. The Balaban J connectivity index is 1.73. The van der Waals surface area contributed by atoms with Crippen LogP contribution in [0.3, 0.4) is 0 Å². The molecule has 42 heavy (non-hydrogen) atoms. The standard InChI is InChI=1S/C34H39FN2O5/c1-18-10-11-22(16-36-18)32(38)37-13-12-23-20(3)29(31(33(39)40)42-34(5,6)7)28(21(4)26(23)17-37)25-15-27(35)30-24(19(25)2)9-8-14-41-30/h10-11,15-16,31H,8-9,12-14,17H2,1-7H3,(H,39,40). The van der Waals surface area contributed by atoms with Crippen LogP contribution in [0.2, 0.25) is 0 Å². The van der Waals surface area contributed by atoms with E-state index in [-0.39, 0.29) is 11.7 Å². The number of pyridine rings is 1. The minimum atomic E-state index is -1.27. The summed E-state index contributed by atoms with van der Waals surface area (Å²) in [6.45, 7) is 14.5. The monoisotopic (exact) mass is 574 g/mol. The molecular weight excluding hydrogens is 535 g/mol. The van der Waals surface area contributed by atoms with Crippen molar-refractivity contribution in [1.82, 2.24) is 9.88 Å². The molecule has 1 atom stereocenters. The van der Waals surface area contributed by atoms with Crippen LogP contribution in [-0.2, 0) is 28.9 Å². The zero-order chi connectivity index (χ0) is 30.5. The third kappa shape index (κ3) is 5.40. The fraction of sp³-hybridized carbons (Fsp3) is 0.441. The number of carboxylic acids is 1. The molecule has 1 aromatic heterocycles. The molecule has 2 aliphatic rings. The summed E-state index contributed by atoms with van der Waals surface area (Å²) in [6.07, 6.45) is 2.35. The number of amides is 1. The molecule has 7 nitrogen and oxygen atoms in total. The highest BCUT2D eigenvalue weighted by Gasteiger charge is 2.36. The Morgan fingerprint density at radius 2 is 1.79 bits per heavy atom. The van der Waals surface area contributed by atoms with Crippen LogP contribution in [0.5, 0.6) is 5.75 Å². The van der Waals surface area contributed by atoms with Gasteiger partial charge in [0.2, 0.25) is 0 Å². The Labute approximate surface area is 246 Å². The molecule has 2 aliphatic heterocycles. The van der Waals surface area contributed by atoms with Gasteiger partial charge >= 0.3 is 5.97 Å². The van der Waals surface area contributed by atoms with Gasteiger partial charge in [-0.25, -0.2) is 9.18 Å². The number of nitrogens with zero attached hydrogens (tertiary/aromatic N) is 2. The number of hydrogen-bond donors (Lipinski definition) is 1. The number of carbonyl (C=O) groups is 2. The van der Waals surface area contributed by atoms with Gasteiger partial charge in [-0.2, -0.15) is 0 Å². The average molecular weight is 575 g/mol. The Morgan fingerprint density at radius 3 is 2.43 bits per heavy atom. The molecule has 222 valence electrons. The van der Waals surface area contributed by atoms with Gasteiger partial charge in [0, 0.05) is 36.1 Å². The van der Waals surface area contributed by atoms with Gasteiger partial charge in [0.25, 0.3) is 5.91 Å². The minimum Gasteiger partial charge on any atom is -0.490 e. The summed E-state index contributed by atoms with van der Waals surface area (Å²) >= 11 is 0. The molecule has 0 aliphatic carbocycles. The van der Waals surface area contributed by atoms with Crippen molar-refractivity contribution in [3.63, 3.8) is 0 Å². The molecule has 0 spiro atoms. The first-order valence-corrected chi connectivity index (χ1v) is 14.5. The van der Waals surface area contributed by atoms with Crippen molar-refractivity contribution >= 4 is 11.9 Å². The molecule has 0 saturated heterocycles. The summed E-state index contributed by atoms with van der Waals surface area (Å²) in [5.41, 5.74) is 7.71. The normalized spacial score (nSPS) is 15.5. The quantitative estimate of drug-likeness (QED) is 0.370. The van der Waals surface area contributed by atoms with Crippen LogP contribution in [0.1, 0.15) is 88.3 Å². The lowest BCUT2D eigenvalue weighted by Gasteiger charge is -2.36. The molecule has 3 aromatic rings. The number of carbonyl (C=O) groups excluding carboxylic acids is 1. The van der Waals surface area contributed by atoms with Gasteiger partial charge in [0.1, 0.15) is 0 Å². The number of halogens is 1. The summed E-state index contributed by atoms with van der Waals surface area (Å²) in [7, 11) is 0. The van der Waals surface area contributed by atoms with E-state index in [9.17, 15) is 14.7 Å². The highest BCUT2D eigenvalue weighted by atomic mass is 19.1. The van der Waals surface area contributed by atoms with E-state index in [1.54, 1.807) is 17.2 Å². The molecule has 5 rings (SSSR count). The molecule has 2 aromatic carbocycles. The zero-order valence-corrected chi connectivity index (χ0v) is 25.5. The summed E-state index contributed by atoms with van der Waals surface area (Å²) in [4.78, 5) is 32.4. The second-order valence-electron chi connectivity index (χ2n) is 12.4. The van der Waals surface area contributed by atoms with Crippen LogP contribution < -0.4 is 4.74 Å². The smallest absolute Gasteiger partial charge is 0.337 e. The number of aromatic nitrogens is 1. The molecule has 1 amide bonds. The first-order chi connectivity index (χ1) is 19.8. The van der Waals surface area contributed by atoms with Crippen LogP contribution in [0.15, 0.2) is 24.4 Å². The van der Waals surface area contributed by atoms with E-state index in [2.05, 4.69) is 4.98 Å². The SMILES string of the molecule is Cc1ccc(C(=O)N2CCc3c(C)c(C(OC(C)(C)C)C(=O)O)c(-c4cc(F)c5c(c4C)CCCO5)c(C)c3C2)cn1. The van der Waals surface area contributed by atoms with E-state index in [0.29, 0.717) is 54.8 Å². The van der Waals surface area contributed by atoms with Gasteiger partial charge in [-0.1, -0.05) is 0 Å². The number of fused-ring (bicyclic) bond motifs is 2. The van der Waals surface area contributed by atoms with Gasteiger partial charge in [-0.15, -0.1) is 0 Å². The number of carboxylic acid groups (broad SMARTS) is 1. The molecule has 3 heterocycles. The lowest BCUT2D eigenvalue weighted by molar-refractivity contribution is -0.160. The molecule has 0 fully saturated rings. The Kier molecular flexibility index (Phi) is 7.88. The number of benzene rings is 2. The van der Waals surface area contributed by atoms with Gasteiger partial charge in [-0.05, 0) is 125 Å². The van der Waals surface area contributed by atoms with E-state index in [1.165, 1.54) is 6.07 Å². The number of ether oxygens (including phenoxy) is 2. The van der Waals surface area contributed by atoms with E-state index in [0.717, 1.165) is 45.5 Å². The van der Waals surface area contributed by atoms with E-state index < -0.39 is 23.5 Å². The van der Waals surface area contributed by atoms with Crippen LogP contribution in [-0.4, -0.2) is 45.6 Å². The van der Waals surface area contributed by atoms with Crippen molar-refractivity contribution in [2.24, 2.45) is 0 Å². The molecule has 0 radical (unpaired) electrons. The van der Waals surface area contributed by atoms with Crippen molar-refractivity contribution in [3.8, 4) is 16.9 Å². The van der Waals surface area contributed by atoms with Crippen LogP contribution in [0.4, 0.5) is 4.39 Å². The van der Waals surface area contributed by atoms with E-state index >= 15 is 4.39 Å². The Hall–Kier alpha value is -3.78. The maximum atomic E-state index is 15.6. The summed E-state index contributed by atoms with van der Waals surface area (Å²) in [5, 5.41) is 10.5. The fourth-order valence-corrected chi connectivity index (χ4v) is 6.35. The number of aryl methyl sites for hydroxylation is 1. The van der Waals surface area contributed by atoms with Crippen LogP contribution >= 0.6 is 0 Å². The van der Waals surface area contributed by atoms with Crippen molar-refractivity contribution in [2.75, 3.05) is 13.2 Å². The third-order valence-electron chi connectivity index (χ3n) is 8.41. The topological polar surface area (TPSA) is 89.0 Å². The number of aliphatic carboxylic acids is 1. The molecular formula is C34H39FN2O5. The van der Waals surface area contributed by atoms with Crippen LogP contribution in [0.25, 0.3) is 11.1 Å². The summed E-state index contributed by atoms with van der Waals surface area (Å²) < 4.78 is 27.5. The fourth-order valence-electron chi connectivity index (χ4n) is 6.35. The maximum Gasteiger partial charge on any atom is 0.337 e. The Morgan fingerprint density at radius 1 is 1.05 bits per heavy atom. The second kappa shape index (κ2) is 11.1. The highest BCUT2D eigenvalue weighted by molar-refractivity contribution is 5.94. The predicted octanol–water partition coefficient (Wildman–Crippen LogP) is 6.59. The van der Waals surface area contributed by atoms with Crippen LogP contribution in [0, 0.1) is 33.5 Å². The van der Waals surface area contributed by atoms with Crippen molar-refractivity contribution in [3.05, 3.63) is 80.4 Å². The predicted molar refractivity (Wildman–Crippen MR) is 158 cm³/mol. The Bertz CT molecular complexity index is 1570. The second-order valence-corrected chi connectivity index (χ2v) is 12.4. The van der Waals surface area contributed by atoms with Gasteiger partial charge < -0.3 is 19.5 Å². The third-order valence-corrected chi connectivity index (χ3v) is 8.41. The summed E-state index contributed by atoms with van der Waals surface area (Å²) in [6, 6.07) is 5.08. The van der Waals surface area contributed by atoms with Gasteiger partial charge in [-0.3, -0.25) is 9.78 Å². The molecule has 8 heteroatoms. The largest absolute Gasteiger partial charge is 0.490 e. The lowest BCUT2D eigenvalue weighted by atomic mass is 9.78. The minimum absolute atomic E-state index is 0.108. The van der Waals surface area contributed by atoms with E-state index in [4.69, 9.17) is 9.47 Å². The van der Waals surface area contributed by atoms with E-state index in [1.807, 2.05) is 54.5 Å². The molecule has 1 N–H and O–H groups in total. The van der Waals surface area contributed by atoms with Crippen molar-refractivity contribution < 1.29 is 28.6 Å². The highest BCUT2D eigenvalue weighted by Crippen LogP contribution is 2.46. The van der Waals surface area contributed by atoms with Crippen molar-refractivity contribution in [1.29, 1.82) is 0 Å².